The van der Waals surface area contributed by atoms with Crippen LogP contribution in [0.3, 0.4) is 0 Å². The Labute approximate surface area is 114 Å². The highest BCUT2D eigenvalue weighted by Gasteiger charge is 2.32. The zero-order valence-electron chi connectivity index (χ0n) is 11.7. The SMILES string of the molecule is C[N+](C)(CC(=O)Nc1ccc(F)cc1)C1CCCC1. The van der Waals surface area contributed by atoms with Gasteiger partial charge in [-0.15, -0.1) is 0 Å². The lowest BCUT2D eigenvalue weighted by molar-refractivity contribution is -0.906. The number of hydrogen-bond donors (Lipinski definition) is 1. The number of hydrogen-bond acceptors (Lipinski definition) is 1. The van der Waals surface area contributed by atoms with E-state index in [1.165, 1.54) is 37.8 Å². The van der Waals surface area contributed by atoms with Gasteiger partial charge in [0.15, 0.2) is 6.54 Å². The zero-order chi connectivity index (χ0) is 13.9. The van der Waals surface area contributed by atoms with E-state index in [1.807, 2.05) is 0 Å². The van der Waals surface area contributed by atoms with Crippen LogP contribution in [-0.4, -0.2) is 37.1 Å². The van der Waals surface area contributed by atoms with Crippen LogP contribution in [0.2, 0.25) is 0 Å². The molecule has 1 N–H and O–H groups in total. The molecular formula is C15H22FN2O+. The number of nitrogens with one attached hydrogen (secondary N) is 1. The zero-order valence-corrected chi connectivity index (χ0v) is 11.7. The highest BCUT2D eigenvalue weighted by molar-refractivity contribution is 5.91. The molecule has 19 heavy (non-hydrogen) atoms. The second-order valence-corrected chi connectivity index (χ2v) is 5.93. The number of carbonyl (C=O) groups excluding carboxylic acids is 1. The first-order chi connectivity index (χ1) is 8.97. The number of nitrogens with zero attached hydrogens (tertiary/aromatic N) is 1. The van der Waals surface area contributed by atoms with Crippen LogP contribution in [-0.2, 0) is 4.79 Å². The fourth-order valence-corrected chi connectivity index (χ4v) is 2.84. The number of benzene rings is 1. The standard InChI is InChI=1S/C15H21FN2O/c1-18(2,14-5-3-4-6-14)11-15(19)17-13-9-7-12(16)8-10-13/h7-10,14H,3-6,11H2,1-2H3/p+1. The summed E-state index contributed by atoms with van der Waals surface area (Å²) in [7, 11) is 4.22. The summed E-state index contributed by atoms with van der Waals surface area (Å²) in [6.45, 7) is 0.460. The van der Waals surface area contributed by atoms with Gasteiger partial charge in [0.25, 0.3) is 5.91 Å². The quantitative estimate of drug-likeness (QED) is 0.833. The number of rotatable bonds is 4. The first kappa shape index (κ1) is 14.0. The van der Waals surface area contributed by atoms with E-state index in [0.717, 1.165) is 4.48 Å². The van der Waals surface area contributed by atoms with Crippen molar-refractivity contribution in [2.75, 3.05) is 26.0 Å². The van der Waals surface area contributed by atoms with Gasteiger partial charge < -0.3 is 9.80 Å². The second kappa shape index (κ2) is 5.70. The predicted molar refractivity (Wildman–Crippen MR) is 74.3 cm³/mol. The number of amides is 1. The smallest absolute Gasteiger partial charge is 0.279 e. The Morgan fingerprint density at radius 2 is 1.84 bits per heavy atom. The molecule has 0 bridgehead atoms. The Bertz CT molecular complexity index is 436. The third-order valence-electron chi connectivity index (χ3n) is 3.99. The van der Waals surface area contributed by atoms with Crippen molar-refractivity contribution in [1.29, 1.82) is 0 Å². The van der Waals surface area contributed by atoms with Gasteiger partial charge in [0.2, 0.25) is 0 Å². The van der Waals surface area contributed by atoms with Crippen molar-refractivity contribution in [2.24, 2.45) is 0 Å². The van der Waals surface area contributed by atoms with Gasteiger partial charge in [-0.25, -0.2) is 4.39 Å². The molecule has 1 aromatic carbocycles. The minimum atomic E-state index is -0.292. The van der Waals surface area contributed by atoms with Crippen molar-refractivity contribution < 1.29 is 13.7 Å². The fraction of sp³-hybridized carbons (Fsp3) is 0.533. The first-order valence-electron chi connectivity index (χ1n) is 6.85. The Morgan fingerprint density at radius 3 is 2.42 bits per heavy atom. The van der Waals surface area contributed by atoms with Crippen molar-refractivity contribution in [3.63, 3.8) is 0 Å². The van der Waals surface area contributed by atoms with Crippen LogP contribution in [0, 0.1) is 5.82 Å². The second-order valence-electron chi connectivity index (χ2n) is 5.93. The van der Waals surface area contributed by atoms with Crippen molar-refractivity contribution >= 4 is 11.6 Å². The van der Waals surface area contributed by atoms with E-state index < -0.39 is 0 Å². The van der Waals surface area contributed by atoms with Gasteiger partial charge in [0.05, 0.1) is 20.1 Å². The highest BCUT2D eigenvalue weighted by atomic mass is 19.1. The summed E-state index contributed by atoms with van der Waals surface area (Å²) in [4.78, 5) is 12.0. The Hall–Kier alpha value is -1.42. The molecule has 1 saturated carbocycles. The summed E-state index contributed by atoms with van der Waals surface area (Å²) >= 11 is 0. The Balaban J connectivity index is 1.91. The van der Waals surface area contributed by atoms with Crippen LogP contribution >= 0.6 is 0 Å². The maximum atomic E-state index is 12.8. The fourth-order valence-electron chi connectivity index (χ4n) is 2.84. The molecule has 0 spiro atoms. The molecule has 0 saturated heterocycles. The van der Waals surface area contributed by atoms with Gasteiger partial charge >= 0.3 is 0 Å². The average molecular weight is 265 g/mol. The van der Waals surface area contributed by atoms with Gasteiger partial charge in [-0.05, 0) is 49.9 Å². The van der Waals surface area contributed by atoms with E-state index in [0.29, 0.717) is 18.3 Å². The predicted octanol–water partition coefficient (Wildman–Crippen LogP) is 2.78. The van der Waals surface area contributed by atoms with Crippen LogP contribution < -0.4 is 5.32 Å². The lowest BCUT2D eigenvalue weighted by Crippen LogP contribution is -2.51. The molecule has 0 unspecified atom stereocenters. The van der Waals surface area contributed by atoms with Crippen molar-refractivity contribution in [1.82, 2.24) is 0 Å². The first-order valence-corrected chi connectivity index (χ1v) is 6.85. The number of anilines is 1. The topological polar surface area (TPSA) is 29.1 Å². The molecule has 1 aliphatic carbocycles. The van der Waals surface area contributed by atoms with Gasteiger partial charge in [0.1, 0.15) is 5.82 Å². The van der Waals surface area contributed by atoms with Crippen LogP contribution in [0.4, 0.5) is 10.1 Å². The summed E-state index contributed by atoms with van der Waals surface area (Å²) in [5.74, 6) is -0.302. The highest BCUT2D eigenvalue weighted by Crippen LogP contribution is 2.26. The number of carbonyl (C=O) groups is 1. The molecule has 0 aliphatic heterocycles. The summed E-state index contributed by atoms with van der Waals surface area (Å²) in [5, 5.41) is 2.83. The summed E-state index contributed by atoms with van der Waals surface area (Å²) in [6.07, 6.45) is 4.95. The molecule has 1 aromatic rings. The van der Waals surface area contributed by atoms with E-state index in [-0.39, 0.29) is 11.7 Å². The molecule has 0 atom stereocenters. The van der Waals surface area contributed by atoms with Crippen LogP contribution in [0.25, 0.3) is 0 Å². The number of quaternary nitrogens is 1. The van der Waals surface area contributed by atoms with Crippen molar-refractivity contribution in [3.8, 4) is 0 Å². The number of likely N-dealkylation sites (N-methyl/N-ethyl adjacent to an activating group) is 1. The van der Waals surface area contributed by atoms with E-state index in [2.05, 4.69) is 19.4 Å². The van der Waals surface area contributed by atoms with Crippen molar-refractivity contribution in [3.05, 3.63) is 30.1 Å². The van der Waals surface area contributed by atoms with Crippen LogP contribution in [0.1, 0.15) is 25.7 Å². The lowest BCUT2D eigenvalue weighted by Gasteiger charge is -2.35. The molecule has 1 aliphatic rings. The maximum absolute atomic E-state index is 12.8. The summed E-state index contributed by atoms with van der Waals surface area (Å²) < 4.78 is 13.5. The maximum Gasteiger partial charge on any atom is 0.279 e. The van der Waals surface area contributed by atoms with Crippen LogP contribution in [0.5, 0.6) is 0 Å². The molecule has 104 valence electrons. The third kappa shape index (κ3) is 3.77. The molecule has 0 aromatic heterocycles. The van der Waals surface area contributed by atoms with E-state index in [4.69, 9.17) is 0 Å². The molecule has 3 nitrogen and oxygen atoms in total. The molecule has 2 rings (SSSR count). The molecule has 1 amide bonds. The van der Waals surface area contributed by atoms with E-state index in [1.54, 1.807) is 12.1 Å². The van der Waals surface area contributed by atoms with E-state index >= 15 is 0 Å². The van der Waals surface area contributed by atoms with Gasteiger partial charge in [0, 0.05) is 5.69 Å². The van der Waals surface area contributed by atoms with Crippen molar-refractivity contribution in [2.45, 2.75) is 31.7 Å². The summed E-state index contributed by atoms with van der Waals surface area (Å²) in [6, 6.07) is 6.46. The molecule has 1 fully saturated rings. The monoisotopic (exact) mass is 265 g/mol. The molecule has 0 heterocycles. The van der Waals surface area contributed by atoms with Gasteiger partial charge in [-0.3, -0.25) is 4.79 Å². The van der Waals surface area contributed by atoms with E-state index in [9.17, 15) is 9.18 Å². The normalized spacial score (nSPS) is 16.6. The largest absolute Gasteiger partial charge is 0.321 e. The molecular weight excluding hydrogens is 243 g/mol. The minimum absolute atomic E-state index is 0.0106. The van der Waals surface area contributed by atoms with Gasteiger partial charge in [-0.2, -0.15) is 0 Å². The Morgan fingerprint density at radius 1 is 1.26 bits per heavy atom. The number of halogens is 1. The third-order valence-corrected chi connectivity index (χ3v) is 3.99. The summed E-state index contributed by atoms with van der Waals surface area (Å²) in [5.41, 5.74) is 0.651. The molecule has 0 radical (unpaired) electrons. The Kier molecular flexibility index (Phi) is 4.20. The van der Waals surface area contributed by atoms with Gasteiger partial charge in [-0.1, -0.05) is 0 Å². The lowest BCUT2D eigenvalue weighted by atomic mass is 10.2. The van der Waals surface area contributed by atoms with Crippen LogP contribution in [0.15, 0.2) is 24.3 Å². The molecule has 4 heteroatoms. The average Bonchev–Trinajstić information content (AvgIpc) is 2.85. The minimum Gasteiger partial charge on any atom is -0.321 e.